The fraction of sp³-hybridized carbons (Fsp3) is 0.571. The quantitative estimate of drug-likeness (QED) is 0.380. The van der Waals surface area contributed by atoms with Gasteiger partial charge in [0, 0.05) is 6.92 Å². The molecule has 3 nitrogen and oxygen atoms in total. The third kappa shape index (κ3) is 22.7. The first-order chi connectivity index (χ1) is 11.1. The van der Waals surface area contributed by atoms with Crippen molar-refractivity contribution in [1.29, 1.82) is 0 Å². The third-order valence-electron chi connectivity index (χ3n) is 2.55. The van der Waals surface area contributed by atoms with Crippen LogP contribution in [0.5, 0.6) is 0 Å². The number of rotatable bonds is 6. The standard InChI is InChI=1S/C13H20O.C6H12O2.C2H6/c1-5-11(3)9-13(6-2)8-7-12(4)10-14;1-5(7)8-6(2,3)4;1-2/h5-6,9,14H,1,4,7-8,10H2,2-3H3;1-4H3;1-2H3/b11-9-,13-6-;;. The molecule has 0 saturated heterocycles. The van der Waals surface area contributed by atoms with Crippen LogP contribution in [0.1, 0.15) is 68.2 Å². The molecule has 0 aromatic carbocycles. The van der Waals surface area contributed by atoms with Gasteiger partial charge in [-0.05, 0) is 47.5 Å². The fourth-order valence-corrected chi connectivity index (χ4v) is 1.48. The largest absolute Gasteiger partial charge is 0.460 e. The number of hydrogen-bond acceptors (Lipinski definition) is 3. The number of carbonyl (C=O) groups is 1. The van der Waals surface area contributed by atoms with Gasteiger partial charge < -0.3 is 9.84 Å². The number of allylic oxidation sites excluding steroid dienone is 5. The van der Waals surface area contributed by atoms with E-state index in [2.05, 4.69) is 25.3 Å². The molecule has 0 aliphatic heterocycles. The maximum Gasteiger partial charge on any atom is 0.303 e. The van der Waals surface area contributed by atoms with Crippen molar-refractivity contribution in [3.63, 3.8) is 0 Å². The Morgan fingerprint density at radius 2 is 1.67 bits per heavy atom. The predicted molar refractivity (Wildman–Crippen MR) is 106 cm³/mol. The molecule has 0 atom stereocenters. The summed E-state index contributed by atoms with van der Waals surface area (Å²) in [5.74, 6) is -0.225. The highest BCUT2D eigenvalue weighted by atomic mass is 16.6. The summed E-state index contributed by atoms with van der Waals surface area (Å²) in [5.41, 5.74) is 2.98. The van der Waals surface area contributed by atoms with Crippen molar-refractivity contribution < 1.29 is 14.6 Å². The molecule has 0 aliphatic carbocycles. The number of ether oxygens (including phenoxy) is 1. The van der Waals surface area contributed by atoms with Gasteiger partial charge in [0.05, 0.1) is 6.61 Å². The first-order valence-electron chi connectivity index (χ1n) is 8.48. The molecular formula is C21H38O3. The highest BCUT2D eigenvalue weighted by Gasteiger charge is 2.11. The summed E-state index contributed by atoms with van der Waals surface area (Å²) in [5, 5.41) is 8.80. The van der Waals surface area contributed by atoms with Crippen molar-refractivity contribution in [3.8, 4) is 0 Å². The molecular weight excluding hydrogens is 300 g/mol. The summed E-state index contributed by atoms with van der Waals surface area (Å²) >= 11 is 0. The normalized spacial score (nSPS) is 11.4. The lowest BCUT2D eigenvalue weighted by Gasteiger charge is -2.17. The lowest BCUT2D eigenvalue weighted by Crippen LogP contribution is -2.21. The van der Waals surface area contributed by atoms with Crippen LogP contribution in [0.3, 0.4) is 0 Å². The molecule has 24 heavy (non-hydrogen) atoms. The molecule has 140 valence electrons. The van der Waals surface area contributed by atoms with Crippen LogP contribution in [0, 0.1) is 0 Å². The van der Waals surface area contributed by atoms with E-state index in [1.54, 1.807) is 0 Å². The van der Waals surface area contributed by atoms with Gasteiger partial charge in [0.15, 0.2) is 0 Å². The number of aliphatic hydroxyl groups excluding tert-OH is 1. The van der Waals surface area contributed by atoms with Gasteiger partial charge in [-0.15, -0.1) is 0 Å². The van der Waals surface area contributed by atoms with Crippen molar-refractivity contribution in [1.82, 2.24) is 0 Å². The minimum Gasteiger partial charge on any atom is -0.460 e. The molecule has 0 unspecified atom stereocenters. The van der Waals surface area contributed by atoms with Gasteiger partial charge in [-0.25, -0.2) is 0 Å². The van der Waals surface area contributed by atoms with Crippen molar-refractivity contribution >= 4 is 5.97 Å². The molecule has 0 aromatic heterocycles. The number of aliphatic hydroxyl groups is 1. The van der Waals surface area contributed by atoms with Gasteiger partial charge in [0.2, 0.25) is 0 Å². The summed E-state index contributed by atoms with van der Waals surface area (Å²) < 4.78 is 4.80. The Morgan fingerprint density at radius 3 is 1.92 bits per heavy atom. The first kappa shape index (κ1) is 27.2. The average Bonchev–Trinajstić information content (AvgIpc) is 2.50. The Balaban J connectivity index is -0.000000374. The molecule has 0 saturated carbocycles. The summed E-state index contributed by atoms with van der Waals surface area (Å²) in [7, 11) is 0. The molecule has 0 bridgehead atoms. The number of carbonyl (C=O) groups excluding carboxylic acids is 1. The molecule has 0 fully saturated rings. The molecule has 0 heterocycles. The van der Waals surface area contributed by atoms with Crippen LogP contribution < -0.4 is 0 Å². The number of hydrogen-bond donors (Lipinski definition) is 1. The number of esters is 1. The van der Waals surface area contributed by atoms with E-state index in [9.17, 15) is 4.79 Å². The second-order valence-corrected chi connectivity index (χ2v) is 6.07. The molecule has 0 spiro atoms. The minimum atomic E-state index is -0.328. The van der Waals surface area contributed by atoms with E-state index < -0.39 is 0 Å². The van der Waals surface area contributed by atoms with E-state index in [-0.39, 0.29) is 18.2 Å². The van der Waals surface area contributed by atoms with Gasteiger partial charge in [-0.2, -0.15) is 0 Å². The highest BCUT2D eigenvalue weighted by molar-refractivity contribution is 5.66. The van der Waals surface area contributed by atoms with Crippen molar-refractivity contribution in [3.05, 3.63) is 48.1 Å². The predicted octanol–water partition coefficient (Wildman–Crippen LogP) is 5.77. The van der Waals surface area contributed by atoms with E-state index >= 15 is 0 Å². The Kier molecular flexibility index (Phi) is 18.5. The summed E-state index contributed by atoms with van der Waals surface area (Å²) in [4.78, 5) is 10.2. The van der Waals surface area contributed by atoms with E-state index in [4.69, 9.17) is 9.84 Å². The highest BCUT2D eigenvalue weighted by Crippen LogP contribution is 2.13. The van der Waals surface area contributed by atoms with Crippen molar-refractivity contribution in [2.45, 2.75) is 73.8 Å². The van der Waals surface area contributed by atoms with E-state index in [0.717, 1.165) is 24.0 Å². The third-order valence-corrected chi connectivity index (χ3v) is 2.55. The Hall–Kier alpha value is -1.61. The Morgan fingerprint density at radius 1 is 1.17 bits per heavy atom. The average molecular weight is 339 g/mol. The maximum absolute atomic E-state index is 10.2. The first-order valence-corrected chi connectivity index (χ1v) is 8.48. The van der Waals surface area contributed by atoms with Crippen LogP contribution in [0.15, 0.2) is 48.1 Å². The second kappa shape index (κ2) is 16.3. The zero-order valence-electron chi connectivity index (χ0n) is 17.0. The molecule has 3 heteroatoms. The Bertz CT molecular complexity index is 421. The molecule has 0 amide bonds. The molecule has 0 aliphatic rings. The van der Waals surface area contributed by atoms with E-state index in [1.807, 2.05) is 54.5 Å². The van der Waals surface area contributed by atoms with Crippen LogP contribution in [0.25, 0.3) is 0 Å². The van der Waals surface area contributed by atoms with E-state index in [1.165, 1.54) is 12.5 Å². The molecule has 0 radical (unpaired) electrons. The summed E-state index contributed by atoms with van der Waals surface area (Å²) in [6.07, 6.45) is 7.80. The van der Waals surface area contributed by atoms with Crippen molar-refractivity contribution in [2.75, 3.05) is 6.61 Å². The van der Waals surface area contributed by atoms with Gasteiger partial charge in [-0.3, -0.25) is 4.79 Å². The minimum absolute atomic E-state index is 0.0845. The van der Waals surface area contributed by atoms with Gasteiger partial charge in [0.1, 0.15) is 5.60 Å². The fourth-order valence-electron chi connectivity index (χ4n) is 1.48. The zero-order valence-corrected chi connectivity index (χ0v) is 17.0. The SMILES string of the molecule is C=C/C(C)=C\C(=C/C)CCC(=C)CO.CC.CC(=O)OC(C)(C)C. The van der Waals surface area contributed by atoms with Crippen LogP contribution in [-0.4, -0.2) is 23.3 Å². The van der Waals surface area contributed by atoms with Crippen LogP contribution in [-0.2, 0) is 9.53 Å². The monoisotopic (exact) mass is 338 g/mol. The van der Waals surface area contributed by atoms with Crippen LogP contribution in [0.2, 0.25) is 0 Å². The lowest BCUT2D eigenvalue weighted by atomic mass is 10.0. The topological polar surface area (TPSA) is 46.5 Å². The molecule has 0 aromatic rings. The summed E-state index contributed by atoms with van der Waals surface area (Å²) in [6.45, 7) is 22.5. The van der Waals surface area contributed by atoms with Gasteiger partial charge >= 0.3 is 5.97 Å². The van der Waals surface area contributed by atoms with Gasteiger partial charge in [0.25, 0.3) is 0 Å². The maximum atomic E-state index is 10.2. The zero-order chi connectivity index (χ0) is 19.8. The van der Waals surface area contributed by atoms with Crippen molar-refractivity contribution in [2.24, 2.45) is 0 Å². The van der Waals surface area contributed by atoms with Crippen LogP contribution in [0.4, 0.5) is 0 Å². The second-order valence-electron chi connectivity index (χ2n) is 6.07. The molecule has 0 rings (SSSR count). The lowest BCUT2D eigenvalue weighted by molar-refractivity contribution is -0.151. The van der Waals surface area contributed by atoms with E-state index in [0.29, 0.717) is 0 Å². The summed E-state index contributed by atoms with van der Waals surface area (Å²) in [6, 6.07) is 0. The smallest absolute Gasteiger partial charge is 0.303 e. The Labute approximate surface area is 149 Å². The molecule has 1 N–H and O–H groups in total. The van der Waals surface area contributed by atoms with Crippen LogP contribution >= 0.6 is 0 Å². The van der Waals surface area contributed by atoms with Gasteiger partial charge in [-0.1, -0.05) is 62.0 Å².